The first-order valence-electron chi connectivity index (χ1n) is 8.78. The molecule has 4 aliphatic carbocycles. The summed E-state index contributed by atoms with van der Waals surface area (Å²) >= 11 is 6.41. The molecule has 0 aliphatic heterocycles. The zero-order chi connectivity index (χ0) is 14.6. The van der Waals surface area contributed by atoms with Crippen LogP contribution in [0.1, 0.15) is 57.8 Å². The Kier molecular flexibility index (Phi) is 3.56. The van der Waals surface area contributed by atoms with E-state index in [9.17, 15) is 9.90 Å². The lowest BCUT2D eigenvalue weighted by atomic mass is 9.54. The number of halogens is 1. The third-order valence-electron chi connectivity index (χ3n) is 7.13. The SMILES string of the molecule is O=C(O)C1=C(Cl)[C@H]2CC[C@H]3[C@@H](CCC4CCCC[C@@H]43)[C@@H]2C1. The maximum atomic E-state index is 11.4. The lowest BCUT2D eigenvalue weighted by Gasteiger charge is -2.51. The Labute approximate surface area is 131 Å². The molecule has 2 nitrogen and oxygen atoms in total. The second-order valence-corrected chi connectivity index (χ2v) is 8.20. The van der Waals surface area contributed by atoms with E-state index < -0.39 is 5.97 Å². The number of carbonyl (C=O) groups is 1. The van der Waals surface area contributed by atoms with Gasteiger partial charge in [-0.2, -0.15) is 0 Å². The molecule has 4 rings (SSSR count). The molecule has 3 saturated carbocycles. The Morgan fingerprint density at radius 3 is 2.43 bits per heavy atom. The van der Waals surface area contributed by atoms with E-state index in [1.54, 1.807) is 0 Å². The van der Waals surface area contributed by atoms with Crippen molar-refractivity contribution < 1.29 is 9.90 Å². The van der Waals surface area contributed by atoms with Gasteiger partial charge in [-0.3, -0.25) is 0 Å². The van der Waals surface area contributed by atoms with Gasteiger partial charge in [0.25, 0.3) is 0 Å². The molecule has 4 aliphatic rings. The van der Waals surface area contributed by atoms with Gasteiger partial charge in [0, 0.05) is 5.03 Å². The van der Waals surface area contributed by atoms with Crippen LogP contribution in [0.3, 0.4) is 0 Å². The van der Waals surface area contributed by atoms with Crippen LogP contribution >= 0.6 is 11.6 Å². The van der Waals surface area contributed by atoms with Gasteiger partial charge < -0.3 is 5.11 Å². The minimum atomic E-state index is -0.780. The molecule has 6 atom stereocenters. The Morgan fingerprint density at radius 2 is 1.62 bits per heavy atom. The third kappa shape index (κ3) is 2.17. The van der Waals surface area contributed by atoms with Crippen LogP contribution in [0, 0.1) is 35.5 Å². The van der Waals surface area contributed by atoms with Crippen LogP contribution in [0.25, 0.3) is 0 Å². The number of carboxylic acid groups (broad SMARTS) is 1. The summed E-state index contributed by atoms with van der Waals surface area (Å²) in [6.07, 6.45) is 11.6. The Hall–Kier alpha value is -0.500. The number of allylic oxidation sites excluding steroid dienone is 1. The molecule has 1 unspecified atom stereocenters. The predicted molar refractivity (Wildman–Crippen MR) is 83.0 cm³/mol. The lowest BCUT2D eigenvalue weighted by Crippen LogP contribution is -2.43. The van der Waals surface area contributed by atoms with Crippen LogP contribution in [0.15, 0.2) is 10.6 Å². The fourth-order valence-electron chi connectivity index (χ4n) is 6.30. The molecule has 21 heavy (non-hydrogen) atoms. The standard InChI is InChI=1S/C18H25ClO2/c19-17-14-8-7-12-11-4-2-1-3-10(11)5-6-13(12)15(14)9-16(17)18(20)21/h10-15H,1-9H2,(H,20,21)/t10?,11-,12+,13+,14-,15-/m0/s1. The summed E-state index contributed by atoms with van der Waals surface area (Å²) in [5.74, 6) is 3.63. The van der Waals surface area contributed by atoms with Crippen molar-refractivity contribution in [2.45, 2.75) is 57.8 Å². The molecule has 0 aromatic rings. The smallest absolute Gasteiger partial charge is 0.332 e. The highest BCUT2D eigenvalue weighted by molar-refractivity contribution is 6.32. The summed E-state index contributed by atoms with van der Waals surface area (Å²) in [6, 6.07) is 0. The van der Waals surface area contributed by atoms with Gasteiger partial charge in [-0.15, -0.1) is 0 Å². The molecule has 0 heterocycles. The number of fused-ring (bicyclic) bond motifs is 5. The minimum Gasteiger partial charge on any atom is -0.478 e. The third-order valence-corrected chi connectivity index (χ3v) is 7.64. The van der Waals surface area contributed by atoms with E-state index in [0.29, 0.717) is 22.4 Å². The average molecular weight is 309 g/mol. The Bertz CT molecular complexity index is 484. The number of rotatable bonds is 1. The largest absolute Gasteiger partial charge is 0.478 e. The first-order valence-corrected chi connectivity index (χ1v) is 9.16. The molecule has 0 bridgehead atoms. The van der Waals surface area contributed by atoms with Crippen LogP contribution in [-0.2, 0) is 4.79 Å². The van der Waals surface area contributed by atoms with E-state index in [1.807, 2.05) is 0 Å². The number of hydrogen-bond donors (Lipinski definition) is 1. The maximum Gasteiger partial charge on any atom is 0.332 e. The van der Waals surface area contributed by atoms with E-state index >= 15 is 0 Å². The molecular weight excluding hydrogens is 284 g/mol. The monoisotopic (exact) mass is 308 g/mol. The van der Waals surface area contributed by atoms with E-state index in [1.165, 1.54) is 44.9 Å². The quantitative estimate of drug-likeness (QED) is 0.753. The first kappa shape index (κ1) is 14.1. The highest BCUT2D eigenvalue weighted by Crippen LogP contribution is 2.59. The molecule has 3 heteroatoms. The zero-order valence-electron chi connectivity index (χ0n) is 12.6. The minimum absolute atomic E-state index is 0.360. The van der Waals surface area contributed by atoms with Gasteiger partial charge >= 0.3 is 5.97 Å². The highest BCUT2D eigenvalue weighted by atomic mass is 35.5. The van der Waals surface area contributed by atoms with Gasteiger partial charge in [0.05, 0.1) is 5.57 Å². The molecule has 0 saturated heterocycles. The molecule has 0 amide bonds. The number of hydrogen-bond acceptors (Lipinski definition) is 1. The zero-order valence-corrected chi connectivity index (χ0v) is 13.3. The molecule has 116 valence electrons. The molecule has 0 spiro atoms. The van der Waals surface area contributed by atoms with E-state index in [0.717, 1.165) is 36.5 Å². The molecule has 0 aromatic heterocycles. The van der Waals surface area contributed by atoms with Crippen molar-refractivity contribution in [3.8, 4) is 0 Å². The molecule has 3 fully saturated rings. The average Bonchev–Trinajstić information content (AvgIpc) is 2.84. The van der Waals surface area contributed by atoms with Crippen LogP contribution in [0.5, 0.6) is 0 Å². The van der Waals surface area contributed by atoms with Gasteiger partial charge in [0.1, 0.15) is 0 Å². The topological polar surface area (TPSA) is 37.3 Å². The fraction of sp³-hybridized carbons (Fsp3) is 0.833. The van der Waals surface area contributed by atoms with Gasteiger partial charge in [0.2, 0.25) is 0 Å². The van der Waals surface area contributed by atoms with Crippen molar-refractivity contribution in [1.29, 1.82) is 0 Å². The predicted octanol–water partition coefficient (Wildman–Crippen LogP) is 4.83. The highest BCUT2D eigenvalue weighted by Gasteiger charge is 2.51. The lowest BCUT2D eigenvalue weighted by molar-refractivity contribution is -0.132. The molecule has 1 N–H and O–H groups in total. The van der Waals surface area contributed by atoms with Crippen molar-refractivity contribution in [2.24, 2.45) is 35.5 Å². The van der Waals surface area contributed by atoms with E-state index in [2.05, 4.69) is 0 Å². The first-order chi connectivity index (χ1) is 10.2. The Morgan fingerprint density at radius 1 is 0.905 bits per heavy atom. The van der Waals surface area contributed by atoms with Gasteiger partial charge in [0.15, 0.2) is 0 Å². The maximum absolute atomic E-state index is 11.4. The van der Waals surface area contributed by atoms with Crippen molar-refractivity contribution in [1.82, 2.24) is 0 Å². The summed E-state index contributed by atoms with van der Waals surface area (Å²) < 4.78 is 0. The van der Waals surface area contributed by atoms with Crippen LogP contribution in [0.4, 0.5) is 0 Å². The van der Waals surface area contributed by atoms with Gasteiger partial charge in [-0.05, 0) is 74.0 Å². The fourth-order valence-corrected chi connectivity index (χ4v) is 6.72. The summed E-state index contributed by atoms with van der Waals surface area (Å²) in [5, 5.41) is 10.1. The van der Waals surface area contributed by atoms with E-state index in [4.69, 9.17) is 11.6 Å². The van der Waals surface area contributed by atoms with Crippen molar-refractivity contribution in [2.75, 3.05) is 0 Å². The second kappa shape index (κ2) is 5.30. The van der Waals surface area contributed by atoms with Gasteiger partial charge in [-0.25, -0.2) is 4.79 Å². The number of carboxylic acids is 1. The van der Waals surface area contributed by atoms with Crippen molar-refractivity contribution in [3.63, 3.8) is 0 Å². The summed E-state index contributed by atoms with van der Waals surface area (Å²) in [7, 11) is 0. The number of aliphatic carboxylic acids is 1. The molecule has 0 radical (unpaired) electrons. The van der Waals surface area contributed by atoms with Crippen molar-refractivity contribution in [3.05, 3.63) is 10.6 Å². The van der Waals surface area contributed by atoms with Crippen LogP contribution in [0.2, 0.25) is 0 Å². The van der Waals surface area contributed by atoms with Crippen LogP contribution < -0.4 is 0 Å². The summed E-state index contributed by atoms with van der Waals surface area (Å²) in [5.41, 5.74) is 0.526. The summed E-state index contributed by atoms with van der Waals surface area (Å²) in [4.78, 5) is 11.4. The molecule has 0 aromatic carbocycles. The summed E-state index contributed by atoms with van der Waals surface area (Å²) in [6.45, 7) is 0. The molecular formula is C18H25ClO2. The second-order valence-electron chi connectivity index (χ2n) is 7.80. The van der Waals surface area contributed by atoms with Crippen molar-refractivity contribution >= 4 is 17.6 Å². The normalized spacial score (nSPS) is 45.8. The van der Waals surface area contributed by atoms with Gasteiger partial charge in [-0.1, -0.05) is 30.9 Å². The van der Waals surface area contributed by atoms with Crippen LogP contribution in [-0.4, -0.2) is 11.1 Å². The Balaban J connectivity index is 1.57. The van der Waals surface area contributed by atoms with E-state index in [-0.39, 0.29) is 0 Å².